The van der Waals surface area contributed by atoms with Gasteiger partial charge in [-0.05, 0) is 19.8 Å². The summed E-state index contributed by atoms with van der Waals surface area (Å²) in [6.07, 6.45) is 1.48. The topological polar surface area (TPSA) is 64.2 Å². The van der Waals surface area contributed by atoms with Crippen molar-refractivity contribution in [3.63, 3.8) is 0 Å². The molecule has 0 amide bonds. The Bertz CT molecular complexity index is 349. The van der Waals surface area contributed by atoms with Crippen molar-refractivity contribution in [1.82, 2.24) is 9.97 Å². The first-order valence-electron chi connectivity index (χ1n) is 5.11. The molecule has 1 aromatic heterocycles. The van der Waals surface area contributed by atoms with Gasteiger partial charge in [-0.2, -0.15) is 0 Å². The van der Waals surface area contributed by atoms with Crippen molar-refractivity contribution in [1.29, 1.82) is 0 Å². The Balaban J connectivity index is 3.00. The minimum atomic E-state index is 0.507. The van der Waals surface area contributed by atoms with E-state index >= 15 is 0 Å². The SMILES string of the molecule is CC(=NCC(C)C)c1c(C)ncnc1N. The Morgan fingerprint density at radius 1 is 1.47 bits per heavy atom. The summed E-state index contributed by atoms with van der Waals surface area (Å²) < 4.78 is 0. The van der Waals surface area contributed by atoms with Gasteiger partial charge in [0.1, 0.15) is 12.1 Å². The molecule has 0 unspecified atom stereocenters. The van der Waals surface area contributed by atoms with Crippen molar-refractivity contribution in [2.45, 2.75) is 27.7 Å². The number of hydrogen-bond donors (Lipinski definition) is 1. The molecule has 0 aromatic carbocycles. The monoisotopic (exact) mass is 206 g/mol. The highest BCUT2D eigenvalue weighted by molar-refractivity contribution is 6.03. The van der Waals surface area contributed by atoms with E-state index in [-0.39, 0.29) is 0 Å². The molecule has 4 nitrogen and oxygen atoms in total. The molecule has 0 saturated carbocycles. The highest BCUT2D eigenvalue weighted by Gasteiger charge is 2.08. The predicted molar refractivity (Wildman–Crippen MR) is 63.1 cm³/mol. The molecule has 0 atom stereocenters. The summed E-state index contributed by atoms with van der Waals surface area (Å²) in [5.41, 5.74) is 8.47. The summed E-state index contributed by atoms with van der Waals surface area (Å²) in [5.74, 6) is 1.05. The van der Waals surface area contributed by atoms with Gasteiger partial charge in [0, 0.05) is 12.3 Å². The van der Waals surface area contributed by atoms with Gasteiger partial charge >= 0.3 is 0 Å². The Labute approximate surface area is 90.7 Å². The van der Waals surface area contributed by atoms with Crippen molar-refractivity contribution < 1.29 is 0 Å². The van der Waals surface area contributed by atoms with Crippen LogP contribution in [0, 0.1) is 12.8 Å². The second-order valence-corrected chi connectivity index (χ2v) is 4.04. The van der Waals surface area contributed by atoms with Crippen LogP contribution in [0.3, 0.4) is 0 Å². The van der Waals surface area contributed by atoms with Crippen LogP contribution in [-0.2, 0) is 0 Å². The fourth-order valence-electron chi connectivity index (χ4n) is 1.34. The van der Waals surface area contributed by atoms with Gasteiger partial charge in [-0.3, -0.25) is 4.99 Å². The lowest BCUT2D eigenvalue weighted by atomic mass is 10.1. The van der Waals surface area contributed by atoms with Crippen LogP contribution in [-0.4, -0.2) is 22.2 Å². The number of nitrogens with two attached hydrogens (primary N) is 1. The quantitative estimate of drug-likeness (QED) is 0.767. The fourth-order valence-corrected chi connectivity index (χ4v) is 1.34. The van der Waals surface area contributed by atoms with E-state index in [2.05, 4.69) is 28.8 Å². The lowest BCUT2D eigenvalue weighted by Crippen LogP contribution is -2.09. The van der Waals surface area contributed by atoms with E-state index < -0.39 is 0 Å². The molecule has 0 aliphatic heterocycles. The third kappa shape index (κ3) is 3.01. The molecule has 0 aliphatic carbocycles. The number of aliphatic imine (C=N–C) groups is 1. The second-order valence-electron chi connectivity index (χ2n) is 4.04. The van der Waals surface area contributed by atoms with Crippen molar-refractivity contribution in [3.05, 3.63) is 17.6 Å². The van der Waals surface area contributed by atoms with E-state index in [0.29, 0.717) is 11.7 Å². The van der Waals surface area contributed by atoms with Crippen LogP contribution >= 0.6 is 0 Å². The zero-order chi connectivity index (χ0) is 11.4. The summed E-state index contributed by atoms with van der Waals surface area (Å²) in [5, 5.41) is 0. The zero-order valence-corrected chi connectivity index (χ0v) is 9.78. The maximum absolute atomic E-state index is 5.80. The van der Waals surface area contributed by atoms with Gasteiger partial charge in [0.15, 0.2) is 0 Å². The number of hydrogen-bond acceptors (Lipinski definition) is 4. The van der Waals surface area contributed by atoms with Crippen LogP contribution in [0.5, 0.6) is 0 Å². The highest BCUT2D eigenvalue weighted by atomic mass is 14.9. The summed E-state index contributed by atoms with van der Waals surface area (Å²) in [7, 11) is 0. The molecule has 1 heterocycles. The molecule has 0 radical (unpaired) electrons. The molecule has 4 heteroatoms. The van der Waals surface area contributed by atoms with E-state index in [9.17, 15) is 0 Å². The van der Waals surface area contributed by atoms with E-state index in [1.807, 2.05) is 13.8 Å². The molecule has 0 bridgehead atoms. The molecule has 1 rings (SSSR count). The van der Waals surface area contributed by atoms with Gasteiger partial charge in [-0.15, -0.1) is 0 Å². The average Bonchev–Trinajstić information content (AvgIpc) is 2.14. The van der Waals surface area contributed by atoms with Crippen molar-refractivity contribution in [3.8, 4) is 0 Å². The average molecular weight is 206 g/mol. The first-order valence-corrected chi connectivity index (χ1v) is 5.11. The van der Waals surface area contributed by atoms with Crippen LogP contribution in [0.25, 0.3) is 0 Å². The van der Waals surface area contributed by atoms with Crippen molar-refractivity contribution in [2.75, 3.05) is 12.3 Å². The van der Waals surface area contributed by atoms with Crippen LogP contribution in [0.4, 0.5) is 5.82 Å². The van der Waals surface area contributed by atoms with Crippen LogP contribution in [0.2, 0.25) is 0 Å². The molecule has 0 spiro atoms. The molecular formula is C11H18N4. The number of rotatable bonds is 3. The number of nitrogen functional groups attached to an aromatic ring is 1. The lowest BCUT2D eigenvalue weighted by Gasteiger charge is -2.07. The molecule has 2 N–H and O–H groups in total. The molecule has 15 heavy (non-hydrogen) atoms. The first kappa shape index (κ1) is 11.6. The smallest absolute Gasteiger partial charge is 0.136 e. The normalized spacial score (nSPS) is 12.2. The van der Waals surface area contributed by atoms with E-state index in [1.165, 1.54) is 6.33 Å². The summed E-state index contributed by atoms with van der Waals surface area (Å²) >= 11 is 0. The Morgan fingerprint density at radius 3 is 2.67 bits per heavy atom. The zero-order valence-electron chi connectivity index (χ0n) is 9.78. The van der Waals surface area contributed by atoms with Gasteiger partial charge in [-0.1, -0.05) is 13.8 Å². The predicted octanol–water partition coefficient (Wildman–Crippen LogP) is 1.83. The van der Waals surface area contributed by atoms with E-state index in [0.717, 1.165) is 23.5 Å². The molecule has 1 aromatic rings. The summed E-state index contributed by atoms with van der Waals surface area (Å²) in [6.45, 7) is 8.94. The number of nitrogens with zero attached hydrogens (tertiary/aromatic N) is 3. The van der Waals surface area contributed by atoms with Crippen LogP contribution < -0.4 is 5.73 Å². The minimum absolute atomic E-state index is 0.507. The Kier molecular flexibility index (Phi) is 3.77. The van der Waals surface area contributed by atoms with Gasteiger partial charge in [0.2, 0.25) is 0 Å². The number of aryl methyl sites for hydroxylation is 1. The largest absolute Gasteiger partial charge is 0.383 e. The van der Waals surface area contributed by atoms with Crippen molar-refractivity contribution in [2.24, 2.45) is 10.9 Å². The van der Waals surface area contributed by atoms with Crippen LogP contribution in [0.15, 0.2) is 11.3 Å². The van der Waals surface area contributed by atoms with Gasteiger partial charge < -0.3 is 5.73 Å². The maximum Gasteiger partial charge on any atom is 0.136 e. The first-order chi connectivity index (χ1) is 7.02. The molecule has 0 saturated heterocycles. The van der Waals surface area contributed by atoms with Crippen LogP contribution in [0.1, 0.15) is 32.0 Å². The Hall–Kier alpha value is -1.45. The van der Waals surface area contributed by atoms with Gasteiger partial charge in [-0.25, -0.2) is 9.97 Å². The van der Waals surface area contributed by atoms with Crippen molar-refractivity contribution >= 4 is 11.5 Å². The molecule has 0 fully saturated rings. The lowest BCUT2D eigenvalue weighted by molar-refractivity contribution is 0.665. The molecular weight excluding hydrogens is 188 g/mol. The highest BCUT2D eigenvalue weighted by Crippen LogP contribution is 2.12. The molecule has 82 valence electrons. The van der Waals surface area contributed by atoms with E-state index in [1.54, 1.807) is 0 Å². The minimum Gasteiger partial charge on any atom is -0.383 e. The van der Waals surface area contributed by atoms with Gasteiger partial charge in [0.05, 0.1) is 11.3 Å². The van der Waals surface area contributed by atoms with E-state index in [4.69, 9.17) is 5.73 Å². The third-order valence-corrected chi connectivity index (χ3v) is 2.12. The second kappa shape index (κ2) is 4.87. The number of anilines is 1. The maximum atomic E-state index is 5.80. The van der Waals surface area contributed by atoms with Gasteiger partial charge in [0.25, 0.3) is 0 Å². The standard InChI is InChI=1S/C11H18N4/c1-7(2)5-13-8(3)10-9(4)14-6-15-11(10)12/h6-7H,5H2,1-4H3,(H2,12,14,15). The molecule has 0 aliphatic rings. The Morgan fingerprint density at radius 2 is 2.13 bits per heavy atom. The summed E-state index contributed by atoms with van der Waals surface area (Å²) in [4.78, 5) is 12.6. The fraction of sp³-hybridized carbons (Fsp3) is 0.545. The third-order valence-electron chi connectivity index (χ3n) is 2.12. The summed E-state index contributed by atoms with van der Waals surface area (Å²) in [6, 6.07) is 0. The number of aromatic nitrogens is 2.